The molecule has 0 aromatic heterocycles. The third kappa shape index (κ3) is 4.20. The van der Waals surface area contributed by atoms with Gasteiger partial charge in [0.25, 0.3) is 0 Å². The van der Waals surface area contributed by atoms with Crippen LogP contribution in [0.3, 0.4) is 0 Å². The molecule has 1 aliphatic rings. The summed E-state index contributed by atoms with van der Waals surface area (Å²) in [4.78, 5) is 0. The molecule has 2 aromatic carbocycles. The normalized spacial score (nSPS) is 15.3. The number of hydrogen-bond acceptors (Lipinski definition) is 3. The summed E-state index contributed by atoms with van der Waals surface area (Å²) < 4.78 is 46.0. The van der Waals surface area contributed by atoms with Gasteiger partial charge in [-0.1, -0.05) is 0 Å². The summed E-state index contributed by atoms with van der Waals surface area (Å²) in [5, 5.41) is 6.20. The van der Waals surface area contributed by atoms with Crippen molar-refractivity contribution in [3.63, 3.8) is 0 Å². The summed E-state index contributed by atoms with van der Waals surface area (Å²) in [6, 6.07) is 8.57. The number of anilines is 1. The van der Waals surface area contributed by atoms with Gasteiger partial charge in [-0.3, -0.25) is 0 Å². The first-order valence-corrected chi connectivity index (χ1v) is 7.96. The van der Waals surface area contributed by atoms with Gasteiger partial charge in [0, 0.05) is 29.9 Å². The molecule has 6 heteroatoms. The average molecular weight is 336 g/mol. The van der Waals surface area contributed by atoms with Gasteiger partial charge >= 0.3 is 0 Å². The summed E-state index contributed by atoms with van der Waals surface area (Å²) in [6.45, 7) is 1.85. The van der Waals surface area contributed by atoms with E-state index in [-0.39, 0.29) is 18.2 Å². The van der Waals surface area contributed by atoms with E-state index >= 15 is 0 Å². The molecule has 128 valence electrons. The molecule has 1 fully saturated rings. The largest absolute Gasteiger partial charge is 0.490 e. The van der Waals surface area contributed by atoms with Gasteiger partial charge in [-0.25, -0.2) is 13.2 Å². The minimum Gasteiger partial charge on any atom is -0.490 e. The van der Waals surface area contributed by atoms with Crippen LogP contribution in [0, 0.1) is 17.5 Å². The Kier molecular flexibility index (Phi) is 5.25. The summed E-state index contributed by atoms with van der Waals surface area (Å²) in [6.07, 6.45) is 2.17. The molecular weight excluding hydrogens is 317 g/mol. The zero-order valence-electron chi connectivity index (χ0n) is 13.1. The second-order valence-electron chi connectivity index (χ2n) is 5.79. The van der Waals surface area contributed by atoms with Crippen molar-refractivity contribution in [1.29, 1.82) is 0 Å². The first kappa shape index (κ1) is 16.6. The number of benzene rings is 2. The molecule has 0 atom stereocenters. The summed E-state index contributed by atoms with van der Waals surface area (Å²) in [7, 11) is 0. The molecule has 24 heavy (non-hydrogen) atoms. The zero-order chi connectivity index (χ0) is 16.9. The first-order valence-electron chi connectivity index (χ1n) is 7.96. The van der Waals surface area contributed by atoms with Crippen LogP contribution in [0.25, 0.3) is 0 Å². The van der Waals surface area contributed by atoms with E-state index < -0.39 is 17.5 Å². The SMILES string of the molecule is Fc1cc(F)c(CNc2ccc(OC3CCNCC3)cc2)c(F)c1. The van der Waals surface area contributed by atoms with Gasteiger partial charge in [-0.05, 0) is 50.2 Å². The molecule has 0 radical (unpaired) electrons. The highest BCUT2D eigenvalue weighted by atomic mass is 19.1. The summed E-state index contributed by atoms with van der Waals surface area (Å²) in [5.74, 6) is -1.95. The van der Waals surface area contributed by atoms with Crippen molar-refractivity contribution in [3.05, 3.63) is 59.4 Å². The minimum atomic E-state index is -0.923. The second kappa shape index (κ2) is 7.57. The Labute approximate surface area is 138 Å². The fourth-order valence-corrected chi connectivity index (χ4v) is 2.69. The van der Waals surface area contributed by atoms with Gasteiger partial charge < -0.3 is 15.4 Å². The number of rotatable bonds is 5. The second-order valence-corrected chi connectivity index (χ2v) is 5.79. The van der Waals surface area contributed by atoms with Crippen molar-refractivity contribution >= 4 is 5.69 Å². The third-order valence-corrected chi connectivity index (χ3v) is 4.02. The number of piperidine rings is 1. The van der Waals surface area contributed by atoms with Crippen LogP contribution in [-0.4, -0.2) is 19.2 Å². The van der Waals surface area contributed by atoms with Crippen molar-refractivity contribution in [2.24, 2.45) is 0 Å². The molecule has 0 saturated carbocycles. The first-order chi connectivity index (χ1) is 11.6. The summed E-state index contributed by atoms with van der Waals surface area (Å²) in [5.41, 5.74) is 0.516. The van der Waals surface area contributed by atoms with E-state index in [9.17, 15) is 13.2 Å². The summed E-state index contributed by atoms with van der Waals surface area (Å²) >= 11 is 0. The van der Waals surface area contributed by atoms with E-state index in [2.05, 4.69) is 10.6 Å². The standard InChI is InChI=1S/C18H19F3N2O/c19-12-9-17(20)16(18(21)10-12)11-23-13-1-3-14(4-2-13)24-15-5-7-22-8-6-15/h1-4,9-10,15,22-23H,5-8,11H2. The van der Waals surface area contributed by atoms with Crippen LogP contribution in [0.15, 0.2) is 36.4 Å². The molecule has 0 spiro atoms. The molecule has 0 amide bonds. The Hall–Kier alpha value is -2.21. The van der Waals surface area contributed by atoms with E-state index in [1.165, 1.54) is 0 Å². The molecule has 2 aromatic rings. The Morgan fingerprint density at radius 2 is 1.62 bits per heavy atom. The van der Waals surface area contributed by atoms with Gasteiger partial charge in [0.1, 0.15) is 29.3 Å². The molecule has 0 aliphatic carbocycles. The van der Waals surface area contributed by atoms with Gasteiger partial charge in [-0.2, -0.15) is 0 Å². The smallest absolute Gasteiger partial charge is 0.134 e. The average Bonchev–Trinajstić information content (AvgIpc) is 2.56. The Balaban J connectivity index is 1.58. The van der Waals surface area contributed by atoms with E-state index in [1.807, 2.05) is 12.1 Å². The Bertz CT molecular complexity index is 662. The van der Waals surface area contributed by atoms with Crippen LogP contribution in [0.5, 0.6) is 5.75 Å². The van der Waals surface area contributed by atoms with E-state index in [0.29, 0.717) is 17.8 Å². The van der Waals surface area contributed by atoms with Gasteiger partial charge in [0.2, 0.25) is 0 Å². The van der Waals surface area contributed by atoms with Crippen LogP contribution in [0.2, 0.25) is 0 Å². The molecular formula is C18H19F3N2O. The van der Waals surface area contributed by atoms with E-state index in [0.717, 1.165) is 31.7 Å². The number of nitrogens with one attached hydrogen (secondary N) is 2. The molecule has 1 aliphatic heterocycles. The van der Waals surface area contributed by atoms with E-state index in [1.54, 1.807) is 12.1 Å². The molecule has 0 bridgehead atoms. The molecule has 1 saturated heterocycles. The predicted molar refractivity (Wildman–Crippen MR) is 86.6 cm³/mol. The lowest BCUT2D eigenvalue weighted by Gasteiger charge is -2.23. The highest BCUT2D eigenvalue weighted by Gasteiger charge is 2.14. The molecule has 3 nitrogen and oxygen atoms in total. The maximum Gasteiger partial charge on any atom is 0.134 e. The maximum atomic E-state index is 13.6. The van der Waals surface area contributed by atoms with Crippen molar-refractivity contribution < 1.29 is 17.9 Å². The fraction of sp³-hybridized carbons (Fsp3) is 0.333. The van der Waals surface area contributed by atoms with E-state index in [4.69, 9.17) is 4.74 Å². The maximum absolute atomic E-state index is 13.6. The van der Waals surface area contributed by atoms with Crippen molar-refractivity contribution in [2.45, 2.75) is 25.5 Å². The van der Waals surface area contributed by atoms with Crippen molar-refractivity contribution in [1.82, 2.24) is 5.32 Å². The molecule has 1 heterocycles. The zero-order valence-corrected chi connectivity index (χ0v) is 13.1. The quantitative estimate of drug-likeness (QED) is 0.870. The van der Waals surface area contributed by atoms with Gasteiger partial charge in [0.15, 0.2) is 0 Å². The molecule has 0 unspecified atom stereocenters. The highest BCUT2D eigenvalue weighted by Crippen LogP contribution is 2.21. The predicted octanol–water partition coefficient (Wildman–Crippen LogP) is 3.85. The van der Waals surface area contributed by atoms with Gasteiger partial charge in [-0.15, -0.1) is 0 Å². The van der Waals surface area contributed by atoms with Crippen LogP contribution in [-0.2, 0) is 6.54 Å². The third-order valence-electron chi connectivity index (χ3n) is 4.02. The van der Waals surface area contributed by atoms with Crippen LogP contribution >= 0.6 is 0 Å². The lowest BCUT2D eigenvalue weighted by molar-refractivity contribution is 0.162. The van der Waals surface area contributed by atoms with Crippen molar-refractivity contribution in [3.8, 4) is 5.75 Å². The fourth-order valence-electron chi connectivity index (χ4n) is 2.69. The number of halogens is 3. The minimum absolute atomic E-state index is 0.0631. The van der Waals surface area contributed by atoms with Crippen LogP contribution < -0.4 is 15.4 Å². The van der Waals surface area contributed by atoms with Crippen LogP contribution in [0.1, 0.15) is 18.4 Å². The van der Waals surface area contributed by atoms with Crippen molar-refractivity contribution in [2.75, 3.05) is 18.4 Å². The lowest BCUT2D eigenvalue weighted by atomic mass is 10.1. The number of hydrogen-bond donors (Lipinski definition) is 2. The molecule has 2 N–H and O–H groups in total. The van der Waals surface area contributed by atoms with Gasteiger partial charge in [0.05, 0.1) is 0 Å². The molecule has 3 rings (SSSR count). The Morgan fingerprint density at radius 1 is 1.00 bits per heavy atom. The Morgan fingerprint density at radius 3 is 2.25 bits per heavy atom. The van der Waals surface area contributed by atoms with Crippen LogP contribution in [0.4, 0.5) is 18.9 Å². The highest BCUT2D eigenvalue weighted by molar-refractivity contribution is 5.47. The monoisotopic (exact) mass is 336 g/mol. The topological polar surface area (TPSA) is 33.3 Å². The number of ether oxygens (including phenoxy) is 1. The lowest BCUT2D eigenvalue weighted by Crippen LogP contribution is -2.34.